The van der Waals surface area contributed by atoms with E-state index in [-0.39, 0.29) is 12.6 Å². The van der Waals surface area contributed by atoms with Crippen LogP contribution in [0.5, 0.6) is 0 Å². The lowest BCUT2D eigenvalue weighted by Gasteiger charge is -2.31. The third-order valence-electron chi connectivity index (χ3n) is 4.22. The molecule has 1 aliphatic heterocycles. The fourth-order valence-electron chi connectivity index (χ4n) is 2.93. The summed E-state index contributed by atoms with van der Waals surface area (Å²) in [6.07, 6.45) is 0.0269. The van der Waals surface area contributed by atoms with Gasteiger partial charge in [0.1, 0.15) is 0 Å². The first kappa shape index (κ1) is 16.3. The molecule has 24 heavy (non-hydrogen) atoms. The molecule has 3 amide bonds. The van der Waals surface area contributed by atoms with Crippen molar-refractivity contribution < 1.29 is 14.3 Å². The Hall–Kier alpha value is -2.60. The van der Waals surface area contributed by atoms with Crippen LogP contribution in [0.2, 0.25) is 0 Å². The minimum atomic E-state index is -0.720. The molecule has 0 saturated carbocycles. The van der Waals surface area contributed by atoms with E-state index < -0.39 is 12.0 Å². The molecule has 3 N–H and O–H groups in total. The quantitative estimate of drug-likeness (QED) is 0.887. The van der Waals surface area contributed by atoms with E-state index in [0.29, 0.717) is 19.7 Å². The molecule has 3 rings (SSSR count). The molecule has 2 aromatic carbocycles. The summed E-state index contributed by atoms with van der Waals surface area (Å²) in [6.45, 7) is 1.52. The number of urea groups is 1. The number of benzene rings is 2. The lowest BCUT2D eigenvalue weighted by atomic mass is 10.0. The minimum Gasteiger partial charge on any atom is -0.367 e. The topological polar surface area (TPSA) is 84.7 Å². The molecular weight excluding hydrogens is 306 g/mol. The number of rotatable bonds is 4. The van der Waals surface area contributed by atoms with E-state index in [1.54, 1.807) is 4.90 Å². The Morgan fingerprint density at radius 3 is 2.83 bits per heavy atom. The van der Waals surface area contributed by atoms with Crippen LogP contribution in [-0.4, -0.2) is 49.2 Å². The molecule has 6 nitrogen and oxygen atoms in total. The first-order chi connectivity index (χ1) is 11.6. The molecule has 1 saturated heterocycles. The SMILES string of the molecule is NC(=O)[C@@H]1CN(C(=O)NCCc2cccc3ccccc23)CCO1. The van der Waals surface area contributed by atoms with Crippen LogP contribution in [-0.2, 0) is 16.0 Å². The molecule has 0 aromatic heterocycles. The standard InChI is InChI=1S/C18H21N3O3/c19-17(22)16-12-21(10-11-24-16)18(23)20-9-8-14-6-3-5-13-4-1-2-7-15(13)14/h1-7,16H,8-12H2,(H2,19,22)(H,20,23)/t16-/m0/s1. The molecule has 0 aliphatic carbocycles. The van der Waals surface area contributed by atoms with E-state index in [4.69, 9.17) is 10.5 Å². The molecule has 0 bridgehead atoms. The monoisotopic (exact) mass is 327 g/mol. The average molecular weight is 327 g/mol. The van der Waals surface area contributed by atoms with Crippen molar-refractivity contribution in [3.63, 3.8) is 0 Å². The molecule has 0 unspecified atom stereocenters. The number of fused-ring (bicyclic) bond motifs is 1. The van der Waals surface area contributed by atoms with Crippen LogP contribution < -0.4 is 11.1 Å². The fraction of sp³-hybridized carbons (Fsp3) is 0.333. The lowest BCUT2D eigenvalue weighted by Crippen LogP contribution is -2.53. The van der Waals surface area contributed by atoms with Gasteiger partial charge in [-0.15, -0.1) is 0 Å². The number of morpholine rings is 1. The summed E-state index contributed by atoms with van der Waals surface area (Å²) in [7, 11) is 0. The molecule has 0 spiro atoms. The summed E-state index contributed by atoms with van der Waals surface area (Å²) in [4.78, 5) is 25.0. The number of nitrogens with one attached hydrogen (secondary N) is 1. The number of primary amides is 1. The normalized spacial score (nSPS) is 17.7. The van der Waals surface area contributed by atoms with Crippen molar-refractivity contribution in [3.05, 3.63) is 48.0 Å². The number of amides is 3. The molecular formula is C18H21N3O3. The van der Waals surface area contributed by atoms with Crippen LogP contribution in [0.1, 0.15) is 5.56 Å². The Morgan fingerprint density at radius 1 is 1.21 bits per heavy atom. The van der Waals surface area contributed by atoms with Crippen molar-refractivity contribution >= 4 is 22.7 Å². The van der Waals surface area contributed by atoms with E-state index in [0.717, 1.165) is 6.42 Å². The van der Waals surface area contributed by atoms with Crippen LogP contribution in [0.4, 0.5) is 4.79 Å². The maximum absolute atomic E-state index is 12.2. The first-order valence-electron chi connectivity index (χ1n) is 8.05. The van der Waals surface area contributed by atoms with Gasteiger partial charge >= 0.3 is 6.03 Å². The highest BCUT2D eigenvalue weighted by Crippen LogP contribution is 2.18. The summed E-state index contributed by atoms with van der Waals surface area (Å²) >= 11 is 0. The summed E-state index contributed by atoms with van der Waals surface area (Å²) < 4.78 is 5.25. The number of nitrogens with zero attached hydrogens (tertiary/aromatic N) is 1. The molecule has 0 radical (unpaired) electrons. The maximum atomic E-state index is 12.2. The van der Waals surface area contributed by atoms with Crippen LogP contribution in [0.15, 0.2) is 42.5 Å². The third kappa shape index (κ3) is 3.65. The van der Waals surface area contributed by atoms with Crippen molar-refractivity contribution in [2.24, 2.45) is 5.73 Å². The molecule has 2 aromatic rings. The van der Waals surface area contributed by atoms with Gasteiger partial charge in [0.15, 0.2) is 6.10 Å². The molecule has 1 fully saturated rings. The Bertz CT molecular complexity index is 742. The lowest BCUT2D eigenvalue weighted by molar-refractivity contribution is -0.133. The molecule has 1 aliphatic rings. The highest BCUT2D eigenvalue weighted by Gasteiger charge is 2.27. The predicted molar refractivity (Wildman–Crippen MR) is 91.6 cm³/mol. The highest BCUT2D eigenvalue weighted by atomic mass is 16.5. The second-order valence-electron chi connectivity index (χ2n) is 5.83. The first-order valence-corrected chi connectivity index (χ1v) is 8.05. The summed E-state index contributed by atoms with van der Waals surface area (Å²) in [6, 6.07) is 14.2. The van der Waals surface area contributed by atoms with Gasteiger partial charge in [0.05, 0.1) is 13.2 Å². The maximum Gasteiger partial charge on any atom is 0.317 e. The van der Waals surface area contributed by atoms with Crippen molar-refractivity contribution in [1.29, 1.82) is 0 Å². The largest absolute Gasteiger partial charge is 0.367 e. The van der Waals surface area contributed by atoms with Crippen LogP contribution >= 0.6 is 0 Å². The average Bonchev–Trinajstić information content (AvgIpc) is 2.62. The number of ether oxygens (including phenoxy) is 1. The number of nitrogens with two attached hydrogens (primary N) is 1. The highest BCUT2D eigenvalue weighted by molar-refractivity contribution is 5.85. The summed E-state index contributed by atoms with van der Waals surface area (Å²) in [5, 5.41) is 5.30. The molecule has 1 heterocycles. The smallest absolute Gasteiger partial charge is 0.317 e. The van der Waals surface area contributed by atoms with Crippen molar-refractivity contribution in [2.75, 3.05) is 26.2 Å². The van der Waals surface area contributed by atoms with Crippen LogP contribution in [0.3, 0.4) is 0 Å². The van der Waals surface area contributed by atoms with E-state index in [1.807, 2.05) is 18.2 Å². The predicted octanol–water partition coefficient (Wildman–Crippen LogP) is 1.28. The van der Waals surface area contributed by atoms with Gasteiger partial charge in [-0.25, -0.2) is 4.79 Å². The minimum absolute atomic E-state index is 0.190. The second-order valence-corrected chi connectivity index (χ2v) is 5.83. The van der Waals surface area contributed by atoms with Crippen molar-refractivity contribution in [1.82, 2.24) is 10.2 Å². The van der Waals surface area contributed by atoms with Gasteiger partial charge in [0.25, 0.3) is 0 Å². The van der Waals surface area contributed by atoms with E-state index in [1.165, 1.54) is 16.3 Å². The van der Waals surface area contributed by atoms with Crippen LogP contribution in [0, 0.1) is 0 Å². The van der Waals surface area contributed by atoms with Gasteiger partial charge in [-0.1, -0.05) is 42.5 Å². The molecule has 126 valence electrons. The van der Waals surface area contributed by atoms with Gasteiger partial charge in [-0.3, -0.25) is 4.79 Å². The second kappa shape index (κ2) is 7.31. The van der Waals surface area contributed by atoms with Gasteiger partial charge < -0.3 is 20.7 Å². The van der Waals surface area contributed by atoms with Gasteiger partial charge in [0.2, 0.25) is 5.91 Å². The van der Waals surface area contributed by atoms with Gasteiger partial charge in [-0.2, -0.15) is 0 Å². The zero-order chi connectivity index (χ0) is 16.9. The third-order valence-corrected chi connectivity index (χ3v) is 4.22. The van der Waals surface area contributed by atoms with E-state index >= 15 is 0 Å². The molecule has 1 atom stereocenters. The van der Waals surface area contributed by atoms with Crippen molar-refractivity contribution in [3.8, 4) is 0 Å². The Morgan fingerprint density at radius 2 is 2.00 bits per heavy atom. The Kier molecular flexibility index (Phi) is 4.96. The number of carbonyl (C=O) groups is 2. The van der Waals surface area contributed by atoms with Gasteiger partial charge in [-0.05, 0) is 22.8 Å². The number of carbonyl (C=O) groups excluding carboxylic acids is 2. The van der Waals surface area contributed by atoms with E-state index in [9.17, 15) is 9.59 Å². The Balaban J connectivity index is 1.56. The fourth-order valence-corrected chi connectivity index (χ4v) is 2.93. The van der Waals surface area contributed by atoms with E-state index in [2.05, 4.69) is 29.6 Å². The van der Waals surface area contributed by atoms with Crippen molar-refractivity contribution in [2.45, 2.75) is 12.5 Å². The number of hydrogen-bond donors (Lipinski definition) is 2. The molecule has 6 heteroatoms. The zero-order valence-corrected chi connectivity index (χ0v) is 13.4. The Labute approximate surface area is 140 Å². The number of hydrogen-bond acceptors (Lipinski definition) is 3. The summed E-state index contributed by atoms with van der Waals surface area (Å²) in [5.74, 6) is -0.539. The zero-order valence-electron chi connectivity index (χ0n) is 13.4. The van der Waals surface area contributed by atoms with Crippen LogP contribution in [0.25, 0.3) is 10.8 Å². The summed E-state index contributed by atoms with van der Waals surface area (Å²) in [5.41, 5.74) is 6.44. The van der Waals surface area contributed by atoms with Gasteiger partial charge in [0, 0.05) is 13.1 Å².